The molecule has 0 saturated carbocycles. The molecule has 2 nitrogen and oxygen atoms in total. The molecule has 2 rings (SSSR count). The zero-order valence-corrected chi connectivity index (χ0v) is 11.6. The number of anilines is 1. The lowest BCUT2D eigenvalue weighted by Crippen LogP contribution is -2.11. The van der Waals surface area contributed by atoms with Crippen LogP contribution >= 0.6 is 15.9 Å². The van der Waals surface area contributed by atoms with Crippen molar-refractivity contribution >= 4 is 21.6 Å². The Morgan fingerprint density at radius 1 is 1.00 bits per heavy atom. The summed E-state index contributed by atoms with van der Waals surface area (Å²) in [6, 6.07) is 10.3. The summed E-state index contributed by atoms with van der Waals surface area (Å²) in [4.78, 5) is 0. The van der Waals surface area contributed by atoms with Crippen LogP contribution in [0.2, 0.25) is 0 Å². The summed E-state index contributed by atoms with van der Waals surface area (Å²) in [7, 11) is 0. The fraction of sp³-hybridized carbons (Fsp3) is 0.143. The van der Waals surface area contributed by atoms with Gasteiger partial charge in [0, 0.05) is 12.2 Å². The van der Waals surface area contributed by atoms with Gasteiger partial charge in [0.25, 0.3) is 0 Å². The van der Waals surface area contributed by atoms with Crippen molar-refractivity contribution in [3.8, 4) is 5.75 Å². The Bertz CT molecular complexity index is 546. The molecule has 5 heteroatoms. The lowest BCUT2D eigenvalue weighted by Gasteiger charge is -2.10. The third-order valence-corrected chi connectivity index (χ3v) is 3.05. The average molecular weight is 328 g/mol. The van der Waals surface area contributed by atoms with Crippen molar-refractivity contribution in [2.75, 3.05) is 18.5 Å². The predicted octanol–water partition coefficient (Wildman–Crippen LogP) is 4.22. The lowest BCUT2D eigenvalue weighted by molar-refractivity contribution is 0.330. The maximum absolute atomic E-state index is 12.9. The fourth-order valence-electron chi connectivity index (χ4n) is 1.52. The Kier molecular flexibility index (Phi) is 4.74. The van der Waals surface area contributed by atoms with Crippen molar-refractivity contribution in [1.82, 2.24) is 0 Å². The number of hydrogen-bond acceptors (Lipinski definition) is 2. The van der Waals surface area contributed by atoms with E-state index in [1.807, 2.05) is 0 Å². The van der Waals surface area contributed by atoms with Gasteiger partial charge in [0.2, 0.25) is 0 Å². The molecule has 1 N–H and O–H groups in total. The van der Waals surface area contributed by atoms with Crippen LogP contribution in [-0.2, 0) is 0 Å². The van der Waals surface area contributed by atoms with Crippen LogP contribution in [0.3, 0.4) is 0 Å². The van der Waals surface area contributed by atoms with Gasteiger partial charge >= 0.3 is 0 Å². The van der Waals surface area contributed by atoms with Crippen LogP contribution in [0.25, 0.3) is 0 Å². The van der Waals surface area contributed by atoms with Gasteiger partial charge in [-0.05, 0) is 58.4 Å². The molecular weight excluding hydrogens is 316 g/mol. The Labute approximate surface area is 118 Å². The van der Waals surface area contributed by atoms with Crippen LogP contribution in [0.5, 0.6) is 5.75 Å². The molecule has 0 bridgehead atoms. The molecular formula is C14H12BrF2NO. The fourth-order valence-corrected chi connectivity index (χ4v) is 1.98. The van der Waals surface area contributed by atoms with E-state index in [-0.39, 0.29) is 11.6 Å². The molecule has 2 aromatic carbocycles. The average Bonchev–Trinajstić information content (AvgIpc) is 2.39. The maximum Gasteiger partial charge on any atom is 0.133 e. The second-order valence-electron chi connectivity index (χ2n) is 3.86. The van der Waals surface area contributed by atoms with Crippen molar-refractivity contribution < 1.29 is 13.5 Å². The number of halogens is 3. The highest BCUT2D eigenvalue weighted by molar-refractivity contribution is 9.10. The van der Waals surface area contributed by atoms with Gasteiger partial charge in [-0.3, -0.25) is 0 Å². The van der Waals surface area contributed by atoms with Gasteiger partial charge in [-0.25, -0.2) is 8.78 Å². The lowest BCUT2D eigenvalue weighted by atomic mass is 10.3. The summed E-state index contributed by atoms with van der Waals surface area (Å²) < 4.78 is 31.6. The van der Waals surface area contributed by atoms with E-state index in [2.05, 4.69) is 21.2 Å². The van der Waals surface area contributed by atoms with Gasteiger partial charge in [0.05, 0.1) is 4.47 Å². The second kappa shape index (κ2) is 6.52. The van der Waals surface area contributed by atoms with Crippen LogP contribution in [0, 0.1) is 11.6 Å². The first kappa shape index (κ1) is 13.8. The number of hydrogen-bond donors (Lipinski definition) is 1. The van der Waals surface area contributed by atoms with Gasteiger partial charge in [0.1, 0.15) is 24.0 Å². The monoisotopic (exact) mass is 327 g/mol. The minimum Gasteiger partial charge on any atom is -0.491 e. The van der Waals surface area contributed by atoms with Gasteiger partial charge in [-0.2, -0.15) is 0 Å². The first-order chi connectivity index (χ1) is 9.15. The smallest absolute Gasteiger partial charge is 0.133 e. The van der Waals surface area contributed by atoms with E-state index in [0.717, 1.165) is 5.69 Å². The van der Waals surface area contributed by atoms with Crippen LogP contribution in [0.15, 0.2) is 46.9 Å². The van der Waals surface area contributed by atoms with Crippen molar-refractivity contribution in [3.05, 3.63) is 58.6 Å². The molecule has 0 heterocycles. The SMILES string of the molecule is Fc1ccc(NCCOc2ccc(F)cc2Br)cc1. The number of ether oxygens (including phenoxy) is 1. The van der Waals surface area contributed by atoms with Crippen molar-refractivity contribution in [3.63, 3.8) is 0 Å². The third kappa shape index (κ3) is 4.21. The van der Waals surface area contributed by atoms with Crippen LogP contribution in [-0.4, -0.2) is 13.2 Å². The molecule has 19 heavy (non-hydrogen) atoms. The molecule has 0 unspecified atom stereocenters. The molecule has 0 aliphatic heterocycles. The van der Waals surface area contributed by atoms with E-state index < -0.39 is 0 Å². The van der Waals surface area contributed by atoms with Crippen LogP contribution in [0.1, 0.15) is 0 Å². The van der Waals surface area contributed by atoms with E-state index in [1.165, 1.54) is 24.3 Å². The standard InChI is InChI=1S/C14H12BrF2NO/c15-13-9-11(17)3-6-14(13)19-8-7-18-12-4-1-10(16)2-5-12/h1-6,9,18H,7-8H2. The molecule has 2 aromatic rings. The third-order valence-electron chi connectivity index (χ3n) is 2.43. The number of nitrogens with one attached hydrogen (secondary N) is 1. The Hall–Kier alpha value is -1.62. The van der Waals surface area contributed by atoms with E-state index >= 15 is 0 Å². The molecule has 100 valence electrons. The summed E-state index contributed by atoms with van der Waals surface area (Å²) in [5, 5.41) is 3.09. The van der Waals surface area contributed by atoms with Gasteiger partial charge in [0.15, 0.2) is 0 Å². The Balaban J connectivity index is 1.79. The normalized spacial score (nSPS) is 10.3. The van der Waals surface area contributed by atoms with E-state index in [9.17, 15) is 8.78 Å². The molecule has 0 aliphatic carbocycles. The van der Waals surface area contributed by atoms with E-state index in [0.29, 0.717) is 23.4 Å². The largest absolute Gasteiger partial charge is 0.491 e. The van der Waals surface area contributed by atoms with Crippen LogP contribution in [0.4, 0.5) is 14.5 Å². The van der Waals surface area contributed by atoms with Crippen molar-refractivity contribution in [1.29, 1.82) is 0 Å². The Morgan fingerprint density at radius 3 is 2.37 bits per heavy atom. The minimum absolute atomic E-state index is 0.267. The molecule has 0 fully saturated rings. The Morgan fingerprint density at radius 2 is 1.68 bits per heavy atom. The van der Waals surface area contributed by atoms with E-state index in [4.69, 9.17) is 4.74 Å². The number of rotatable bonds is 5. The first-order valence-electron chi connectivity index (χ1n) is 5.72. The molecule has 0 aliphatic rings. The summed E-state index contributed by atoms with van der Waals surface area (Å²) in [5.74, 6) is 0.00279. The highest BCUT2D eigenvalue weighted by Crippen LogP contribution is 2.25. The summed E-state index contributed by atoms with van der Waals surface area (Å²) >= 11 is 3.23. The number of benzene rings is 2. The first-order valence-corrected chi connectivity index (χ1v) is 6.52. The predicted molar refractivity (Wildman–Crippen MR) is 74.5 cm³/mol. The van der Waals surface area contributed by atoms with E-state index in [1.54, 1.807) is 18.2 Å². The molecule has 0 aromatic heterocycles. The summed E-state index contributed by atoms with van der Waals surface area (Å²) in [6.07, 6.45) is 0. The summed E-state index contributed by atoms with van der Waals surface area (Å²) in [6.45, 7) is 0.983. The topological polar surface area (TPSA) is 21.3 Å². The van der Waals surface area contributed by atoms with Crippen molar-refractivity contribution in [2.45, 2.75) is 0 Å². The van der Waals surface area contributed by atoms with Crippen LogP contribution < -0.4 is 10.1 Å². The van der Waals surface area contributed by atoms with Crippen molar-refractivity contribution in [2.24, 2.45) is 0 Å². The molecule has 0 amide bonds. The highest BCUT2D eigenvalue weighted by Gasteiger charge is 2.02. The highest BCUT2D eigenvalue weighted by atomic mass is 79.9. The van der Waals surface area contributed by atoms with Gasteiger partial charge in [-0.15, -0.1) is 0 Å². The molecule has 0 atom stereocenters. The molecule has 0 saturated heterocycles. The van der Waals surface area contributed by atoms with Gasteiger partial charge < -0.3 is 10.1 Å². The zero-order valence-electron chi connectivity index (χ0n) is 10.00. The summed E-state index contributed by atoms with van der Waals surface area (Å²) in [5.41, 5.74) is 0.822. The molecule has 0 spiro atoms. The van der Waals surface area contributed by atoms with Gasteiger partial charge in [-0.1, -0.05) is 0 Å². The zero-order chi connectivity index (χ0) is 13.7. The molecule has 0 radical (unpaired) electrons. The quantitative estimate of drug-likeness (QED) is 0.830. The maximum atomic E-state index is 12.9. The minimum atomic E-state index is -0.316. The second-order valence-corrected chi connectivity index (χ2v) is 4.71.